The summed E-state index contributed by atoms with van der Waals surface area (Å²) < 4.78 is 0. The van der Waals surface area contributed by atoms with Gasteiger partial charge < -0.3 is 4.90 Å². The maximum absolute atomic E-state index is 2.61. The fourth-order valence-corrected chi connectivity index (χ4v) is 12.5. The molecule has 0 fully saturated rings. The second-order valence-corrected chi connectivity index (χ2v) is 20.0. The van der Waals surface area contributed by atoms with Crippen LogP contribution >= 0.6 is 0 Å². The molecule has 0 spiro atoms. The molecule has 0 heterocycles. The Labute approximate surface area is 400 Å². The highest BCUT2D eigenvalue weighted by atomic mass is 15.1. The van der Waals surface area contributed by atoms with Gasteiger partial charge in [-0.1, -0.05) is 228 Å². The lowest BCUT2D eigenvalue weighted by atomic mass is 9.66. The van der Waals surface area contributed by atoms with Crippen LogP contribution in [-0.2, 0) is 16.2 Å². The van der Waals surface area contributed by atoms with Gasteiger partial charge in [-0.15, -0.1) is 0 Å². The summed E-state index contributed by atoms with van der Waals surface area (Å²) in [5, 5.41) is 0. The first kappa shape index (κ1) is 40.3. The molecule has 0 unspecified atom stereocenters. The molecule has 0 amide bonds. The predicted octanol–water partition coefficient (Wildman–Crippen LogP) is 17.5. The number of fused-ring (bicyclic) bond motifs is 9. The Morgan fingerprint density at radius 1 is 0.265 bits per heavy atom. The number of anilines is 3. The molecule has 0 aromatic heterocycles. The molecule has 3 aliphatic carbocycles. The molecule has 0 N–H and O–H groups in total. The van der Waals surface area contributed by atoms with Gasteiger partial charge in [0.1, 0.15) is 0 Å². The van der Waals surface area contributed by atoms with Gasteiger partial charge in [-0.05, 0) is 137 Å². The molecule has 0 bridgehead atoms. The molecule has 0 atom stereocenters. The SMILES string of the molecule is CC1(C)c2ccccc2-c2ccc(N(c3ccc(-c4ccccc4)cc3)c3ccc4c(c3)C(c3ccccc3)(c3ccccc3)c3cc5c(c(-c6ccccc6)c3-4)-c3ccccc3C5(C)C)cc21. The van der Waals surface area contributed by atoms with E-state index < -0.39 is 5.41 Å². The summed E-state index contributed by atoms with van der Waals surface area (Å²) in [5.74, 6) is 0. The molecule has 68 heavy (non-hydrogen) atoms. The monoisotopic (exact) mass is 869 g/mol. The summed E-state index contributed by atoms with van der Waals surface area (Å²) in [6, 6.07) is 88.8. The van der Waals surface area contributed by atoms with E-state index in [0.717, 1.165) is 17.1 Å². The lowest BCUT2D eigenvalue weighted by Crippen LogP contribution is -2.29. The summed E-state index contributed by atoms with van der Waals surface area (Å²) in [7, 11) is 0. The number of rotatable bonds is 7. The molecule has 3 aliphatic rings. The minimum atomic E-state index is -0.642. The van der Waals surface area contributed by atoms with Gasteiger partial charge in [0, 0.05) is 27.9 Å². The molecule has 0 saturated carbocycles. The Balaban J connectivity index is 1.12. The van der Waals surface area contributed by atoms with Gasteiger partial charge in [0.05, 0.1) is 5.41 Å². The van der Waals surface area contributed by atoms with Gasteiger partial charge in [0.25, 0.3) is 0 Å². The van der Waals surface area contributed by atoms with Crippen LogP contribution in [0.1, 0.15) is 72.2 Å². The number of hydrogen-bond donors (Lipinski definition) is 0. The molecule has 1 nitrogen and oxygen atoms in total. The van der Waals surface area contributed by atoms with E-state index in [1.165, 1.54) is 100 Å². The minimum absolute atomic E-state index is 0.152. The van der Waals surface area contributed by atoms with E-state index in [0.29, 0.717) is 0 Å². The van der Waals surface area contributed by atoms with Crippen LogP contribution in [0.2, 0.25) is 0 Å². The maximum atomic E-state index is 2.61. The zero-order valence-electron chi connectivity index (χ0n) is 39.0. The van der Waals surface area contributed by atoms with Crippen LogP contribution in [-0.4, -0.2) is 0 Å². The molecular weight excluding hydrogens is 819 g/mol. The van der Waals surface area contributed by atoms with Crippen LogP contribution in [0.25, 0.3) is 55.6 Å². The average Bonchev–Trinajstić information content (AvgIpc) is 3.91. The first-order valence-corrected chi connectivity index (χ1v) is 24.1. The molecule has 0 radical (unpaired) electrons. The van der Waals surface area contributed by atoms with Crippen molar-refractivity contribution < 1.29 is 0 Å². The fraction of sp³-hybridized carbons (Fsp3) is 0.104. The normalized spacial score (nSPS) is 14.8. The summed E-state index contributed by atoms with van der Waals surface area (Å²) in [6.45, 7) is 9.59. The van der Waals surface area contributed by atoms with Crippen molar-refractivity contribution in [2.45, 2.75) is 43.9 Å². The average molecular weight is 870 g/mol. The van der Waals surface area contributed by atoms with Gasteiger partial charge in [0.15, 0.2) is 0 Å². The van der Waals surface area contributed by atoms with Gasteiger partial charge in [-0.25, -0.2) is 0 Å². The Bertz CT molecular complexity index is 3540. The van der Waals surface area contributed by atoms with Crippen LogP contribution in [0.15, 0.2) is 237 Å². The van der Waals surface area contributed by atoms with Gasteiger partial charge in [-0.3, -0.25) is 0 Å². The van der Waals surface area contributed by atoms with Gasteiger partial charge in [-0.2, -0.15) is 0 Å². The van der Waals surface area contributed by atoms with E-state index in [4.69, 9.17) is 0 Å². The smallest absolute Gasteiger partial charge is 0.0714 e. The van der Waals surface area contributed by atoms with E-state index >= 15 is 0 Å². The second-order valence-electron chi connectivity index (χ2n) is 20.0. The van der Waals surface area contributed by atoms with Crippen LogP contribution in [0.5, 0.6) is 0 Å². The summed E-state index contributed by atoms with van der Waals surface area (Å²) in [6.07, 6.45) is 0. The van der Waals surface area contributed by atoms with E-state index in [1.807, 2.05) is 0 Å². The maximum Gasteiger partial charge on any atom is 0.0714 e. The minimum Gasteiger partial charge on any atom is -0.310 e. The Hall–Kier alpha value is -8.00. The van der Waals surface area contributed by atoms with Crippen molar-refractivity contribution in [3.8, 4) is 55.6 Å². The molecular formula is C67H51N. The molecule has 1 heteroatoms. The van der Waals surface area contributed by atoms with Crippen molar-refractivity contribution in [1.29, 1.82) is 0 Å². The number of nitrogens with zero attached hydrogens (tertiary/aromatic N) is 1. The topological polar surface area (TPSA) is 3.24 Å². The summed E-state index contributed by atoms with van der Waals surface area (Å²) in [4.78, 5) is 2.50. The molecule has 10 aromatic rings. The highest BCUT2D eigenvalue weighted by Crippen LogP contribution is 2.64. The molecule has 0 saturated heterocycles. The van der Waals surface area contributed by atoms with Crippen molar-refractivity contribution in [2.75, 3.05) is 4.90 Å². The van der Waals surface area contributed by atoms with E-state index in [9.17, 15) is 0 Å². The van der Waals surface area contributed by atoms with Crippen molar-refractivity contribution >= 4 is 17.1 Å². The van der Waals surface area contributed by atoms with Gasteiger partial charge in [0.2, 0.25) is 0 Å². The Morgan fingerprint density at radius 2 is 0.676 bits per heavy atom. The van der Waals surface area contributed by atoms with Crippen molar-refractivity contribution in [1.82, 2.24) is 0 Å². The van der Waals surface area contributed by atoms with Crippen LogP contribution in [0.3, 0.4) is 0 Å². The third kappa shape index (κ3) is 5.69. The van der Waals surface area contributed by atoms with Crippen LogP contribution in [0, 0.1) is 0 Å². The first-order chi connectivity index (χ1) is 33.3. The van der Waals surface area contributed by atoms with Crippen molar-refractivity contribution in [2.24, 2.45) is 0 Å². The van der Waals surface area contributed by atoms with Gasteiger partial charge >= 0.3 is 0 Å². The van der Waals surface area contributed by atoms with E-state index in [2.05, 4.69) is 269 Å². The van der Waals surface area contributed by atoms with E-state index in [1.54, 1.807) is 0 Å². The molecule has 13 rings (SSSR count). The molecule has 324 valence electrons. The largest absolute Gasteiger partial charge is 0.310 e. The van der Waals surface area contributed by atoms with Crippen LogP contribution < -0.4 is 4.90 Å². The van der Waals surface area contributed by atoms with Crippen molar-refractivity contribution in [3.63, 3.8) is 0 Å². The number of hydrogen-bond acceptors (Lipinski definition) is 1. The third-order valence-electron chi connectivity index (χ3n) is 15.7. The second kappa shape index (κ2) is 15.0. The zero-order valence-corrected chi connectivity index (χ0v) is 39.0. The Kier molecular flexibility index (Phi) is 8.89. The highest BCUT2D eigenvalue weighted by molar-refractivity contribution is 6.06. The Morgan fingerprint density at radius 3 is 1.29 bits per heavy atom. The lowest BCUT2D eigenvalue weighted by molar-refractivity contribution is 0.656. The van der Waals surface area contributed by atoms with Crippen LogP contribution in [0.4, 0.5) is 17.1 Å². The molecule has 10 aromatic carbocycles. The van der Waals surface area contributed by atoms with Crippen molar-refractivity contribution in [3.05, 3.63) is 281 Å². The summed E-state index contributed by atoms with van der Waals surface area (Å²) >= 11 is 0. The first-order valence-electron chi connectivity index (χ1n) is 24.1. The predicted molar refractivity (Wildman–Crippen MR) is 284 cm³/mol. The standard InChI is InChI=1S/C67H51N/c1-65(2)56-31-19-17-29-52(56)53-39-37-50(41-58(53)65)68(49-35-33-45(34-36-49)44-21-9-5-10-22-44)51-38-40-55-59(42-51)67(47-25-13-7-14-26-47,48-27-15-8-16-28-48)61-43-60-63(54-30-18-20-32-57(54)66(60,3)4)62(64(55)61)46-23-11-6-12-24-46/h5-43H,1-4H3. The number of benzene rings is 10. The third-order valence-corrected chi connectivity index (χ3v) is 15.7. The quantitative estimate of drug-likeness (QED) is 0.154. The summed E-state index contributed by atoms with van der Waals surface area (Å²) in [5.41, 5.74) is 25.8. The zero-order chi connectivity index (χ0) is 45.8. The van der Waals surface area contributed by atoms with E-state index in [-0.39, 0.29) is 10.8 Å². The lowest BCUT2D eigenvalue weighted by Gasteiger charge is -2.36. The molecule has 0 aliphatic heterocycles. The highest BCUT2D eigenvalue weighted by Gasteiger charge is 2.50. The fourth-order valence-electron chi connectivity index (χ4n) is 12.5.